The summed E-state index contributed by atoms with van der Waals surface area (Å²) in [5.74, 6) is 0. The van der Waals surface area contributed by atoms with Crippen LogP contribution in [0.25, 0.3) is 11.0 Å². The van der Waals surface area contributed by atoms with Gasteiger partial charge >= 0.3 is 0 Å². The van der Waals surface area contributed by atoms with Crippen molar-refractivity contribution in [1.29, 1.82) is 0 Å². The number of fused-ring (bicyclic) bond motifs is 1. The van der Waals surface area contributed by atoms with Crippen molar-refractivity contribution in [1.82, 2.24) is 9.55 Å². The van der Waals surface area contributed by atoms with Crippen LogP contribution in [0.5, 0.6) is 0 Å². The smallest absolute Gasteiger partial charge is 0.273 e. The van der Waals surface area contributed by atoms with Crippen LogP contribution in [0.1, 0.15) is 26.5 Å². The van der Waals surface area contributed by atoms with E-state index in [9.17, 15) is 4.79 Å². The molecule has 0 saturated carbocycles. The second kappa shape index (κ2) is 3.95. The van der Waals surface area contributed by atoms with Crippen LogP contribution in [-0.4, -0.2) is 9.55 Å². The summed E-state index contributed by atoms with van der Waals surface area (Å²) >= 11 is 3.42. The molecule has 0 unspecified atom stereocenters. The number of nitrogens with zero attached hydrogens (tertiary/aromatic N) is 2. The lowest BCUT2D eigenvalue weighted by atomic mass is 9.92. The Kier molecular flexibility index (Phi) is 2.86. The normalized spacial score (nSPS) is 12.1. The minimum Gasteiger partial charge on any atom is -0.308 e. The van der Waals surface area contributed by atoms with Crippen molar-refractivity contribution in [2.24, 2.45) is 7.05 Å². The molecule has 0 aliphatic carbocycles. The first-order chi connectivity index (χ1) is 7.80. The molecule has 2 aromatic rings. The van der Waals surface area contributed by atoms with Crippen LogP contribution >= 0.6 is 15.9 Å². The van der Waals surface area contributed by atoms with Gasteiger partial charge in [0.25, 0.3) is 5.56 Å². The van der Waals surface area contributed by atoms with Gasteiger partial charge in [-0.1, -0.05) is 36.7 Å². The molecule has 0 spiro atoms. The van der Waals surface area contributed by atoms with Gasteiger partial charge < -0.3 is 4.57 Å². The Morgan fingerprint density at radius 2 is 1.94 bits per heavy atom. The third-order valence-electron chi connectivity index (χ3n) is 2.75. The predicted octanol–water partition coefficient (Wildman–Crippen LogP) is 2.99. The third kappa shape index (κ3) is 2.14. The van der Waals surface area contributed by atoms with Crippen LogP contribution in [0.4, 0.5) is 0 Å². The molecule has 0 aliphatic rings. The maximum absolute atomic E-state index is 12.2. The van der Waals surface area contributed by atoms with E-state index < -0.39 is 0 Å². The van der Waals surface area contributed by atoms with Gasteiger partial charge in [0.1, 0.15) is 5.69 Å². The van der Waals surface area contributed by atoms with Gasteiger partial charge in [0.05, 0.1) is 11.0 Å². The average molecular weight is 295 g/mol. The second-order valence-electron chi connectivity index (χ2n) is 5.21. The van der Waals surface area contributed by atoms with Gasteiger partial charge in [-0.2, -0.15) is 0 Å². The Balaban J connectivity index is 2.91. The van der Waals surface area contributed by atoms with Crippen molar-refractivity contribution < 1.29 is 0 Å². The maximum Gasteiger partial charge on any atom is 0.273 e. The molecule has 0 radical (unpaired) electrons. The zero-order valence-corrected chi connectivity index (χ0v) is 12.0. The molecule has 4 heteroatoms. The van der Waals surface area contributed by atoms with Crippen LogP contribution in [0.3, 0.4) is 0 Å². The second-order valence-corrected chi connectivity index (χ2v) is 6.12. The van der Waals surface area contributed by atoms with E-state index in [-0.39, 0.29) is 11.0 Å². The van der Waals surface area contributed by atoms with E-state index >= 15 is 0 Å². The monoisotopic (exact) mass is 294 g/mol. The molecule has 0 atom stereocenters. The number of hydrogen-bond donors (Lipinski definition) is 0. The molecule has 17 heavy (non-hydrogen) atoms. The van der Waals surface area contributed by atoms with Crippen LogP contribution in [-0.2, 0) is 12.5 Å². The fourth-order valence-electron chi connectivity index (χ4n) is 1.79. The van der Waals surface area contributed by atoms with E-state index in [0.717, 1.165) is 15.5 Å². The van der Waals surface area contributed by atoms with E-state index in [1.807, 2.05) is 39.0 Å². The first kappa shape index (κ1) is 12.3. The van der Waals surface area contributed by atoms with E-state index in [2.05, 4.69) is 20.9 Å². The van der Waals surface area contributed by atoms with E-state index in [4.69, 9.17) is 0 Å². The summed E-state index contributed by atoms with van der Waals surface area (Å²) < 4.78 is 2.63. The number of aryl methyl sites for hydroxylation is 1. The summed E-state index contributed by atoms with van der Waals surface area (Å²) in [7, 11) is 1.79. The van der Waals surface area contributed by atoms with Crippen molar-refractivity contribution in [2.75, 3.05) is 0 Å². The minimum atomic E-state index is -0.245. The molecule has 1 aromatic heterocycles. The van der Waals surface area contributed by atoms with Gasteiger partial charge in [0.15, 0.2) is 0 Å². The summed E-state index contributed by atoms with van der Waals surface area (Å²) in [6, 6.07) is 5.75. The molecule has 0 N–H and O–H groups in total. The third-order valence-corrected chi connectivity index (χ3v) is 3.24. The predicted molar refractivity (Wildman–Crippen MR) is 73.4 cm³/mol. The number of benzene rings is 1. The molecule has 1 heterocycles. The highest BCUT2D eigenvalue weighted by Gasteiger charge is 2.21. The van der Waals surface area contributed by atoms with Gasteiger partial charge in [0.2, 0.25) is 0 Å². The number of hydrogen-bond acceptors (Lipinski definition) is 2. The molecule has 0 amide bonds. The molecule has 0 saturated heterocycles. The quantitative estimate of drug-likeness (QED) is 0.749. The minimum absolute atomic E-state index is 0.0210. The maximum atomic E-state index is 12.2. The van der Waals surface area contributed by atoms with E-state index in [1.165, 1.54) is 0 Å². The molecule has 1 aromatic carbocycles. The Hall–Kier alpha value is -1.16. The van der Waals surface area contributed by atoms with Crippen molar-refractivity contribution in [3.05, 3.63) is 38.7 Å². The number of halogens is 1. The summed E-state index contributed by atoms with van der Waals surface area (Å²) in [6.07, 6.45) is 0. The topological polar surface area (TPSA) is 34.9 Å². The van der Waals surface area contributed by atoms with Gasteiger partial charge in [-0.3, -0.25) is 4.79 Å². The van der Waals surface area contributed by atoms with Crippen LogP contribution < -0.4 is 5.56 Å². The van der Waals surface area contributed by atoms with Gasteiger partial charge in [-0.25, -0.2) is 4.98 Å². The standard InChI is InChI=1S/C13H15BrN2O/c1-13(2,3)11-12(17)16(4)10-6-5-8(14)7-9(10)15-11/h5-7H,1-4H3. The van der Waals surface area contributed by atoms with Crippen LogP contribution in [0.15, 0.2) is 27.5 Å². The molecule has 0 fully saturated rings. The van der Waals surface area contributed by atoms with Crippen molar-refractivity contribution in [3.63, 3.8) is 0 Å². The van der Waals surface area contributed by atoms with Gasteiger partial charge in [0, 0.05) is 16.9 Å². The van der Waals surface area contributed by atoms with Crippen molar-refractivity contribution in [2.45, 2.75) is 26.2 Å². The highest BCUT2D eigenvalue weighted by Crippen LogP contribution is 2.21. The van der Waals surface area contributed by atoms with E-state index in [0.29, 0.717) is 5.69 Å². The molecular formula is C13H15BrN2O. The Labute approximate surface area is 109 Å². The van der Waals surface area contributed by atoms with Gasteiger partial charge in [-0.05, 0) is 18.2 Å². The average Bonchev–Trinajstić information content (AvgIpc) is 2.21. The number of aromatic nitrogens is 2. The first-order valence-electron chi connectivity index (χ1n) is 5.47. The summed E-state index contributed by atoms with van der Waals surface area (Å²) in [5, 5.41) is 0. The highest BCUT2D eigenvalue weighted by molar-refractivity contribution is 9.10. The van der Waals surface area contributed by atoms with E-state index in [1.54, 1.807) is 11.6 Å². The van der Waals surface area contributed by atoms with Crippen LogP contribution in [0.2, 0.25) is 0 Å². The Bertz CT molecular complexity index is 638. The zero-order valence-electron chi connectivity index (χ0n) is 10.4. The summed E-state index contributed by atoms with van der Waals surface area (Å²) in [6.45, 7) is 6.00. The lowest BCUT2D eigenvalue weighted by molar-refractivity contribution is 0.555. The number of rotatable bonds is 0. The molecular weight excluding hydrogens is 280 g/mol. The van der Waals surface area contributed by atoms with Crippen molar-refractivity contribution >= 4 is 27.0 Å². The van der Waals surface area contributed by atoms with Crippen LogP contribution in [0, 0.1) is 0 Å². The highest BCUT2D eigenvalue weighted by atomic mass is 79.9. The zero-order chi connectivity index (χ0) is 12.8. The fourth-order valence-corrected chi connectivity index (χ4v) is 2.14. The lowest BCUT2D eigenvalue weighted by Crippen LogP contribution is -2.31. The Morgan fingerprint density at radius 3 is 2.53 bits per heavy atom. The molecule has 0 aliphatic heterocycles. The molecule has 90 valence electrons. The molecule has 3 nitrogen and oxygen atoms in total. The molecule has 2 rings (SSSR count). The Morgan fingerprint density at radius 1 is 1.29 bits per heavy atom. The summed E-state index contributed by atoms with van der Waals surface area (Å²) in [5.41, 5.74) is 2.03. The lowest BCUT2D eigenvalue weighted by Gasteiger charge is -2.18. The largest absolute Gasteiger partial charge is 0.308 e. The molecule has 0 bridgehead atoms. The van der Waals surface area contributed by atoms with Gasteiger partial charge in [-0.15, -0.1) is 0 Å². The fraction of sp³-hybridized carbons (Fsp3) is 0.385. The SMILES string of the molecule is Cn1c(=O)c(C(C)(C)C)nc2cc(Br)ccc21. The summed E-state index contributed by atoms with van der Waals surface area (Å²) in [4.78, 5) is 16.7. The first-order valence-corrected chi connectivity index (χ1v) is 6.27. The van der Waals surface area contributed by atoms with Crippen molar-refractivity contribution in [3.8, 4) is 0 Å².